The fourth-order valence-corrected chi connectivity index (χ4v) is 3.32. The van der Waals surface area contributed by atoms with Crippen LogP contribution in [-0.4, -0.2) is 54.2 Å². The van der Waals surface area contributed by atoms with Crippen molar-refractivity contribution in [1.82, 2.24) is 4.90 Å². The van der Waals surface area contributed by atoms with Crippen LogP contribution >= 0.6 is 0 Å². The summed E-state index contributed by atoms with van der Waals surface area (Å²) in [7, 11) is 0. The number of hydrogen-bond acceptors (Lipinski definition) is 5. The van der Waals surface area contributed by atoms with E-state index in [-0.39, 0.29) is 18.5 Å². The molecule has 2 atom stereocenters. The van der Waals surface area contributed by atoms with Crippen molar-refractivity contribution in [2.75, 3.05) is 26.3 Å². The molecule has 2 aromatic carbocycles. The van der Waals surface area contributed by atoms with E-state index >= 15 is 0 Å². The lowest BCUT2D eigenvalue weighted by molar-refractivity contribution is 0.00310. The second-order valence-corrected chi connectivity index (χ2v) is 7.10. The lowest BCUT2D eigenvalue weighted by atomic mass is 10.0. The Kier molecular flexibility index (Phi) is 7.93. The quantitative estimate of drug-likeness (QED) is 0.466. The van der Waals surface area contributed by atoms with Crippen molar-refractivity contribution in [3.05, 3.63) is 84.2 Å². The number of aliphatic hydroxyl groups is 1. The first-order chi connectivity index (χ1) is 14.2. The van der Waals surface area contributed by atoms with Crippen LogP contribution in [0.3, 0.4) is 0 Å². The Morgan fingerprint density at radius 2 is 2.00 bits per heavy atom. The molecule has 0 aromatic heterocycles. The Balaban J connectivity index is 1.62. The molecule has 0 saturated heterocycles. The van der Waals surface area contributed by atoms with Gasteiger partial charge in [0.2, 0.25) is 0 Å². The smallest absolute Gasteiger partial charge is 0.145 e. The molecule has 0 fully saturated rings. The number of benzene rings is 2. The van der Waals surface area contributed by atoms with Gasteiger partial charge in [-0.3, -0.25) is 4.90 Å². The van der Waals surface area contributed by atoms with Crippen LogP contribution in [0.15, 0.2) is 72.4 Å². The van der Waals surface area contributed by atoms with Crippen LogP contribution in [0.2, 0.25) is 0 Å². The Morgan fingerprint density at radius 1 is 1.24 bits per heavy atom. The van der Waals surface area contributed by atoms with Crippen LogP contribution in [0.4, 0.5) is 4.39 Å². The summed E-state index contributed by atoms with van der Waals surface area (Å²) < 4.78 is 19.5. The summed E-state index contributed by atoms with van der Waals surface area (Å²) in [5.74, 6) is -0.261. The number of aliphatic hydroxyl groups excluding tert-OH is 1. The van der Waals surface area contributed by atoms with Crippen molar-refractivity contribution in [2.24, 2.45) is 5.16 Å². The SMILES string of the molecule is C=CCOC[C@@H](O)CN(Cc1ccccc1F)C[C@H]1CC(c2ccccc2)=NO1. The topological polar surface area (TPSA) is 54.3 Å². The zero-order chi connectivity index (χ0) is 20.5. The minimum absolute atomic E-state index is 0.154. The summed E-state index contributed by atoms with van der Waals surface area (Å²) in [6.45, 7) is 5.39. The third kappa shape index (κ3) is 6.49. The van der Waals surface area contributed by atoms with Crippen molar-refractivity contribution < 1.29 is 19.1 Å². The summed E-state index contributed by atoms with van der Waals surface area (Å²) in [6.07, 6.45) is 1.45. The summed E-state index contributed by atoms with van der Waals surface area (Å²) in [6, 6.07) is 16.6. The minimum Gasteiger partial charge on any atom is -0.390 e. The molecule has 1 N–H and O–H groups in total. The maximum atomic E-state index is 14.2. The highest BCUT2D eigenvalue weighted by Gasteiger charge is 2.26. The standard InChI is InChI=1S/C23H27FN2O3/c1-2-12-28-17-20(27)15-26(14-19-10-6-7-11-22(19)24)16-21-13-23(25-29-21)18-8-4-3-5-9-18/h2-11,20-21,27H,1,12-17H2/t20-,21+/m0/s1. The average Bonchev–Trinajstić information content (AvgIpc) is 3.19. The summed E-state index contributed by atoms with van der Waals surface area (Å²) >= 11 is 0. The van der Waals surface area contributed by atoms with Gasteiger partial charge in [0, 0.05) is 31.6 Å². The fourth-order valence-electron chi connectivity index (χ4n) is 3.32. The van der Waals surface area contributed by atoms with Crippen molar-refractivity contribution in [1.29, 1.82) is 0 Å². The number of halogens is 1. The molecule has 0 unspecified atom stereocenters. The molecule has 0 aliphatic carbocycles. The van der Waals surface area contributed by atoms with Crippen molar-refractivity contribution in [3.8, 4) is 0 Å². The van der Waals surface area contributed by atoms with Crippen LogP contribution in [0.5, 0.6) is 0 Å². The number of ether oxygens (including phenoxy) is 1. The van der Waals surface area contributed by atoms with Gasteiger partial charge in [0.25, 0.3) is 0 Å². The lowest BCUT2D eigenvalue weighted by Gasteiger charge is -2.27. The third-order valence-corrected chi connectivity index (χ3v) is 4.67. The first-order valence-electron chi connectivity index (χ1n) is 9.76. The molecule has 0 spiro atoms. The number of oxime groups is 1. The second-order valence-electron chi connectivity index (χ2n) is 7.10. The molecule has 0 radical (unpaired) electrons. The summed E-state index contributed by atoms with van der Waals surface area (Å²) in [4.78, 5) is 7.61. The molecule has 0 bridgehead atoms. The van der Waals surface area contributed by atoms with E-state index in [0.29, 0.717) is 38.2 Å². The predicted octanol–water partition coefficient (Wildman–Crippen LogP) is 3.38. The Labute approximate surface area is 171 Å². The highest BCUT2D eigenvalue weighted by Crippen LogP contribution is 2.19. The normalized spacial score (nSPS) is 17.1. The van der Waals surface area contributed by atoms with E-state index < -0.39 is 6.10 Å². The molecule has 1 aliphatic heterocycles. The molecule has 6 heteroatoms. The third-order valence-electron chi connectivity index (χ3n) is 4.67. The van der Waals surface area contributed by atoms with Crippen LogP contribution in [-0.2, 0) is 16.1 Å². The zero-order valence-corrected chi connectivity index (χ0v) is 16.4. The summed E-state index contributed by atoms with van der Waals surface area (Å²) in [5, 5.41) is 14.6. The zero-order valence-electron chi connectivity index (χ0n) is 16.4. The van der Waals surface area contributed by atoms with E-state index in [2.05, 4.69) is 11.7 Å². The van der Waals surface area contributed by atoms with E-state index in [9.17, 15) is 9.50 Å². The van der Waals surface area contributed by atoms with E-state index in [4.69, 9.17) is 9.57 Å². The largest absolute Gasteiger partial charge is 0.390 e. The first kappa shape index (κ1) is 21.2. The second kappa shape index (κ2) is 10.9. The van der Waals surface area contributed by atoms with Gasteiger partial charge in [0.1, 0.15) is 11.9 Å². The van der Waals surface area contributed by atoms with E-state index in [1.165, 1.54) is 6.07 Å². The van der Waals surface area contributed by atoms with Gasteiger partial charge < -0.3 is 14.7 Å². The molecule has 1 heterocycles. The Morgan fingerprint density at radius 3 is 2.76 bits per heavy atom. The fraction of sp³-hybridized carbons (Fsp3) is 0.348. The monoisotopic (exact) mass is 398 g/mol. The van der Waals surface area contributed by atoms with E-state index in [1.807, 2.05) is 41.3 Å². The number of nitrogens with zero attached hydrogens (tertiary/aromatic N) is 2. The highest BCUT2D eigenvalue weighted by molar-refractivity contribution is 6.01. The Bertz CT molecular complexity index is 813. The molecule has 0 amide bonds. The van der Waals surface area contributed by atoms with Crippen LogP contribution in [0.25, 0.3) is 0 Å². The van der Waals surface area contributed by atoms with Gasteiger partial charge in [-0.25, -0.2) is 4.39 Å². The van der Waals surface area contributed by atoms with Crippen molar-refractivity contribution in [3.63, 3.8) is 0 Å². The molecule has 1 aliphatic rings. The maximum Gasteiger partial charge on any atom is 0.145 e. The van der Waals surface area contributed by atoms with Gasteiger partial charge >= 0.3 is 0 Å². The first-order valence-corrected chi connectivity index (χ1v) is 9.76. The van der Waals surface area contributed by atoms with Gasteiger partial charge in [0.15, 0.2) is 0 Å². The van der Waals surface area contributed by atoms with E-state index in [1.54, 1.807) is 18.2 Å². The highest BCUT2D eigenvalue weighted by atomic mass is 19.1. The average molecular weight is 398 g/mol. The molecular formula is C23H27FN2O3. The molecule has 3 rings (SSSR count). The van der Waals surface area contributed by atoms with Gasteiger partial charge in [-0.2, -0.15) is 0 Å². The van der Waals surface area contributed by atoms with Crippen molar-refractivity contribution >= 4 is 5.71 Å². The van der Waals surface area contributed by atoms with Crippen molar-refractivity contribution in [2.45, 2.75) is 25.2 Å². The number of rotatable bonds is 11. The molecule has 2 aromatic rings. The predicted molar refractivity (Wildman–Crippen MR) is 111 cm³/mol. The van der Waals surface area contributed by atoms with Gasteiger partial charge in [-0.15, -0.1) is 6.58 Å². The van der Waals surface area contributed by atoms with Crippen LogP contribution in [0.1, 0.15) is 17.5 Å². The van der Waals surface area contributed by atoms with Gasteiger partial charge in [0.05, 0.1) is 25.0 Å². The summed E-state index contributed by atoms with van der Waals surface area (Å²) in [5.41, 5.74) is 2.51. The van der Waals surface area contributed by atoms with Gasteiger partial charge in [-0.05, 0) is 11.6 Å². The molecule has 5 nitrogen and oxygen atoms in total. The number of hydrogen-bond donors (Lipinski definition) is 1. The molecule has 154 valence electrons. The van der Waals surface area contributed by atoms with E-state index in [0.717, 1.165) is 11.3 Å². The molecule has 29 heavy (non-hydrogen) atoms. The lowest BCUT2D eigenvalue weighted by Crippen LogP contribution is -2.39. The van der Waals surface area contributed by atoms with Crippen LogP contribution < -0.4 is 0 Å². The Hall–Kier alpha value is -2.54. The van der Waals surface area contributed by atoms with Gasteiger partial charge in [-0.1, -0.05) is 59.8 Å². The maximum absolute atomic E-state index is 14.2. The van der Waals surface area contributed by atoms with Crippen LogP contribution in [0, 0.1) is 5.82 Å². The molecule has 0 saturated carbocycles. The minimum atomic E-state index is -0.697. The molecular weight excluding hydrogens is 371 g/mol.